The van der Waals surface area contributed by atoms with Crippen LogP contribution in [0.4, 0.5) is 0 Å². The van der Waals surface area contributed by atoms with Gasteiger partial charge in [-0.2, -0.15) is 0 Å². The fourth-order valence-corrected chi connectivity index (χ4v) is 2.94. The molecule has 3 radical (unpaired) electrons. The summed E-state index contributed by atoms with van der Waals surface area (Å²) in [4.78, 5) is 0. The van der Waals surface area contributed by atoms with Crippen LogP contribution in [-0.2, 0) is 0 Å². The van der Waals surface area contributed by atoms with Crippen molar-refractivity contribution < 1.29 is 0 Å². The first-order valence-corrected chi connectivity index (χ1v) is 7.14. The minimum absolute atomic E-state index is 0.435. The van der Waals surface area contributed by atoms with Gasteiger partial charge in [0.1, 0.15) is 18.6 Å². The monoisotopic (exact) mass is 182 g/mol. The highest BCUT2D eigenvalue weighted by Gasteiger charge is 2.29. The van der Waals surface area contributed by atoms with E-state index in [1.165, 1.54) is 0 Å². The van der Waals surface area contributed by atoms with Crippen LogP contribution in [0.25, 0.3) is 0 Å². The van der Waals surface area contributed by atoms with Crippen molar-refractivity contribution in [3.05, 3.63) is 25.3 Å². The van der Waals surface area contributed by atoms with Crippen molar-refractivity contribution in [1.82, 2.24) is 4.23 Å². The van der Waals surface area contributed by atoms with Crippen molar-refractivity contribution in [3.63, 3.8) is 0 Å². The molecule has 1 nitrogen and oxygen atoms in total. The maximum atomic E-state index is 3.80. The molecule has 0 unspecified atom stereocenters. The molecule has 0 rings (SSSR count). The van der Waals surface area contributed by atoms with Crippen molar-refractivity contribution in [2.75, 3.05) is 7.05 Å². The molecule has 0 saturated carbocycles. The van der Waals surface area contributed by atoms with Crippen molar-refractivity contribution in [1.29, 1.82) is 0 Å². The molecule has 3 heteroatoms. The second kappa shape index (κ2) is 4.04. The van der Waals surface area contributed by atoms with Gasteiger partial charge >= 0.3 is 0 Å². The number of nitrogens with zero attached hydrogens (tertiary/aromatic N) is 1. The van der Waals surface area contributed by atoms with E-state index in [4.69, 9.17) is 0 Å². The van der Waals surface area contributed by atoms with Gasteiger partial charge in [0.25, 0.3) is 0 Å². The van der Waals surface area contributed by atoms with Crippen molar-refractivity contribution in [3.8, 4) is 0 Å². The minimum Gasteiger partial charge on any atom is -0.351 e. The lowest BCUT2D eigenvalue weighted by Crippen LogP contribution is -2.47. The zero-order chi connectivity index (χ0) is 9.07. The second-order valence-corrected chi connectivity index (χ2v) is 8.97. The van der Waals surface area contributed by atoms with Gasteiger partial charge in [-0.25, -0.2) is 0 Å². The predicted molar refractivity (Wildman–Crippen MR) is 55.1 cm³/mol. The fraction of sp³-hybridized carbons (Fsp3) is 0.500. The van der Waals surface area contributed by atoms with Crippen LogP contribution >= 0.6 is 0 Å². The fourth-order valence-electron chi connectivity index (χ4n) is 0.897. The van der Waals surface area contributed by atoms with Crippen LogP contribution in [0.5, 0.6) is 0 Å². The number of hydrogen-bond donors (Lipinski definition) is 0. The largest absolute Gasteiger partial charge is 0.351 e. The van der Waals surface area contributed by atoms with Crippen LogP contribution in [0.2, 0.25) is 18.6 Å². The topological polar surface area (TPSA) is 3.24 Å². The molecule has 0 aliphatic heterocycles. The van der Waals surface area contributed by atoms with Gasteiger partial charge in [-0.1, -0.05) is 25.2 Å². The minimum atomic E-state index is -1.40. The highest BCUT2D eigenvalue weighted by atomic mass is 28.4. The van der Waals surface area contributed by atoms with Crippen LogP contribution in [0.1, 0.15) is 0 Å². The molecule has 0 saturated heterocycles. The molecule has 0 aliphatic rings. The normalized spacial score (nSPS) is 12.2. The maximum Gasteiger partial charge on any atom is 0.135 e. The lowest BCUT2D eigenvalue weighted by Gasteiger charge is -2.34. The van der Waals surface area contributed by atoms with Crippen molar-refractivity contribution >= 4 is 18.6 Å². The Morgan fingerprint density at radius 1 is 1.36 bits per heavy atom. The quantitative estimate of drug-likeness (QED) is 0.474. The van der Waals surface area contributed by atoms with Gasteiger partial charge in [0.05, 0.1) is 0 Å². The van der Waals surface area contributed by atoms with Crippen LogP contribution in [0.3, 0.4) is 0 Å². The first kappa shape index (κ1) is 10.9. The molecule has 0 amide bonds. The third-order valence-electron chi connectivity index (χ3n) is 2.19. The standard InChI is InChI=1S/C8H16NSi2/c1-6-8(7-2)11(4,5)9(3)10/h6-8H,1-2H2,3-5H3. The van der Waals surface area contributed by atoms with E-state index < -0.39 is 8.24 Å². The molecular formula is C8H16NSi2. The Bertz CT molecular complexity index is 144. The van der Waals surface area contributed by atoms with E-state index in [-0.39, 0.29) is 0 Å². The average Bonchev–Trinajstić information content (AvgIpc) is 1.89. The molecule has 0 N–H and O–H groups in total. The van der Waals surface area contributed by atoms with Gasteiger partial charge in [0.2, 0.25) is 0 Å². The summed E-state index contributed by atoms with van der Waals surface area (Å²) in [5.74, 6) is 0. The molecule has 61 valence electrons. The van der Waals surface area contributed by atoms with E-state index >= 15 is 0 Å². The van der Waals surface area contributed by atoms with Crippen LogP contribution in [-0.4, -0.2) is 29.9 Å². The Balaban J connectivity index is 4.49. The summed E-state index contributed by atoms with van der Waals surface area (Å²) in [7, 11) is 4.17. The zero-order valence-corrected chi connectivity index (χ0v) is 9.59. The lowest BCUT2D eigenvalue weighted by molar-refractivity contribution is 0.795. The summed E-state index contributed by atoms with van der Waals surface area (Å²) in [6.45, 7) is 12.1. The lowest BCUT2D eigenvalue weighted by atomic mass is 10.4. The van der Waals surface area contributed by atoms with E-state index in [9.17, 15) is 0 Å². The van der Waals surface area contributed by atoms with Crippen molar-refractivity contribution in [2.24, 2.45) is 0 Å². The zero-order valence-electron chi connectivity index (χ0n) is 7.59. The second-order valence-electron chi connectivity index (χ2n) is 3.21. The van der Waals surface area contributed by atoms with Crippen LogP contribution in [0, 0.1) is 0 Å². The summed E-state index contributed by atoms with van der Waals surface area (Å²) < 4.78 is 2.13. The van der Waals surface area contributed by atoms with E-state index in [0.29, 0.717) is 5.54 Å². The Morgan fingerprint density at radius 3 is 1.82 bits per heavy atom. The third kappa shape index (κ3) is 2.43. The smallest absolute Gasteiger partial charge is 0.135 e. The summed E-state index contributed by atoms with van der Waals surface area (Å²) in [6.07, 6.45) is 3.94. The van der Waals surface area contributed by atoms with E-state index in [0.717, 1.165) is 0 Å². The SMILES string of the molecule is C=CC(C=C)[Si](C)(C)N(C)[Si]. The number of hydrogen-bond acceptors (Lipinski definition) is 1. The molecule has 0 spiro atoms. The number of rotatable bonds is 4. The van der Waals surface area contributed by atoms with Gasteiger partial charge in [-0.15, -0.1) is 13.2 Å². The molecule has 0 bridgehead atoms. The van der Waals surface area contributed by atoms with Gasteiger partial charge in [-0.05, 0) is 7.05 Å². The van der Waals surface area contributed by atoms with Crippen molar-refractivity contribution in [2.45, 2.75) is 18.6 Å². The molecule has 0 fully saturated rings. The Kier molecular flexibility index (Phi) is 3.99. The van der Waals surface area contributed by atoms with E-state index in [1.807, 2.05) is 19.2 Å². The molecule has 0 aromatic heterocycles. The molecule has 0 aromatic rings. The summed E-state index contributed by atoms with van der Waals surface area (Å²) in [6, 6.07) is 0. The highest BCUT2D eigenvalue weighted by Crippen LogP contribution is 2.24. The van der Waals surface area contributed by atoms with Gasteiger partial charge in [0, 0.05) is 5.54 Å². The number of allylic oxidation sites excluding steroid dienone is 2. The molecule has 11 heavy (non-hydrogen) atoms. The first-order valence-electron chi connectivity index (χ1n) is 3.67. The molecular weight excluding hydrogens is 166 g/mol. The van der Waals surface area contributed by atoms with E-state index in [1.54, 1.807) is 0 Å². The van der Waals surface area contributed by atoms with Gasteiger partial charge in [-0.3, -0.25) is 0 Å². The third-order valence-corrected chi connectivity index (χ3v) is 7.75. The van der Waals surface area contributed by atoms with E-state index in [2.05, 4.69) is 40.9 Å². The van der Waals surface area contributed by atoms with Crippen LogP contribution < -0.4 is 0 Å². The summed E-state index contributed by atoms with van der Waals surface area (Å²) in [5.41, 5.74) is 0.435. The summed E-state index contributed by atoms with van der Waals surface area (Å²) in [5, 5.41) is 0. The molecule has 0 atom stereocenters. The Labute approximate surface area is 74.4 Å². The Hall–Kier alpha value is -0.126. The van der Waals surface area contributed by atoms with Gasteiger partial charge < -0.3 is 4.23 Å². The highest BCUT2D eigenvalue weighted by molar-refractivity contribution is 6.80. The van der Waals surface area contributed by atoms with Crippen LogP contribution in [0.15, 0.2) is 25.3 Å². The molecule has 0 heterocycles. The average molecular weight is 182 g/mol. The summed E-state index contributed by atoms with van der Waals surface area (Å²) >= 11 is 0. The molecule has 0 aliphatic carbocycles. The molecule has 0 aromatic carbocycles. The Morgan fingerprint density at radius 2 is 1.73 bits per heavy atom. The van der Waals surface area contributed by atoms with Gasteiger partial charge in [0.15, 0.2) is 0 Å². The first-order chi connectivity index (χ1) is 4.96. The maximum absolute atomic E-state index is 3.80. The predicted octanol–water partition coefficient (Wildman–Crippen LogP) is 1.95.